The van der Waals surface area contributed by atoms with Crippen molar-refractivity contribution in [1.82, 2.24) is 9.78 Å². The predicted octanol–water partition coefficient (Wildman–Crippen LogP) is 2.92. The zero-order valence-electron chi connectivity index (χ0n) is 11.2. The Labute approximate surface area is 124 Å². The summed E-state index contributed by atoms with van der Waals surface area (Å²) in [5.41, 5.74) is 1.98. The van der Waals surface area contributed by atoms with E-state index in [0.29, 0.717) is 12.0 Å². The lowest BCUT2D eigenvalue weighted by Crippen LogP contribution is -2.17. The summed E-state index contributed by atoms with van der Waals surface area (Å²) in [6, 6.07) is 3.37. The molecule has 2 rings (SSSR count). The van der Waals surface area contributed by atoms with Gasteiger partial charge in [0.2, 0.25) is 0 Å². The van der Waals surface area contributed by atoms with Gasteiger partial charge in [-0.15, -0.1) is 0 Å². The lowest BCUT2D eigenvalue weighted by Gasteiger charge is -2.12. The van der Waals surface area contributed by atoms with Crippen molar-refractivity contribution in [1.29, 1.82) is 0 Å². The first-order chi connectivity index (χ1) is 9.38. The Morgan fingerprint density at radius 2 is 2.05 bits per heavy atom. The van der Waals surface area contributed by atoms with Crippen molar-refractivity contribution in [3.05, 3.63) is 51.3 Å². The Morgan fingerprint density at radius 3 is 2.60 bits per heavy atom. The van der Waals surface area contributed by atoms with E-state index in [0.717, 1.165) is 21.9 Å². The molecule has 0 spiro atoms. The number of hydrogen-bond donors (Lipinski definition) is 1. The molecule has 2 aromatic rings. The first-order valence-corrected chi connectivity index (χ1v) is 6.97. The van der Waals surface area contributed by atoms with Crippen LogP contribution in [0.3, 0.4) is 0 Å². The highest BCUT2D eigenvalue weighted by Crippen LogP contribution is 2.22. The molecule has 20 heavy (non-hydrogen) atoms. The number of aromatic nitrogens is 2. The maximum atomic E-state index is 13.5. The van der Waals surface area contributed by atoms with Crippen LogP contribution in [0.15, 0.2) is 22.7 Å². The molecular weight excluding hydrogens is 330 g/mol. The first-order valence-electron chi connectivity index (χ1n) is 6.18. The molecule has 1 unspecified atom stereocenters. The van der Waals surface area contributed by atoms with Crippen LogP contribution >= 0.6 is 15.9 Å². The molecule has 1 aromatic carbocycles. The molecule has 1 heterocycles. The highest BCUT2D eigenvalue weighted by molar-refractivity contribution is 9.10. The van der Waals surface area contributed by atoms with Gasteiger partial charge in [-0.25, -0.2) is 8.78 Å². The summed E-state index contributed by atoms with van der Waals surface area (Å²) in [5.74, 6) is -1.25. The van der Waals surface area contributed by atoms with Gasteiger partial charge in [0.15, 0.2) is 0 Å². The van der Waals surface area contributed by atoms with E-state index in [1.807, 2.05) is 6.92 Å². The van der Waals surface area contributed by atoms with E-state index < -0.39 is 17.7 Å². The Kier molecular flexibility index (Phi) is 4.55. The Balaban J connectivity index is 2.11. The van der Waals surface area contributed by atoms with Gasteiger partial charge in [-0.2, -0.15) is 5.10 Å². The number of halogens is 3. The van der Waals surface area contributed by atoms with Crippen LogP contribution in [0.25, 0.3) is 0 Å². The molecule has 0 saturated carbocycles. The summed E-state index contributed by atoms with van der Waals surface area (Å²) >= 11 is 3.42. The Hall–Kier alpha value is -1.27. The smallest absolute Gasteiger partial charge is 0.129 e. The van der Waals surface area contributed by atoms with E-state index in [4.69, 9.17) is 0 Å². The van der Waals surface area contributed by atoms with Gasteiger partial charge >= 0.3 is 0 Å². The number of rotatable bonds is 4. The predicted molar refractivity (Wildman–Crippen MR) is 75.4 cm³/mol. The van der Waals surface area contributed by atoms with Crippen molar-refractivity contribution in [3.63, 3.8) is 0 Å². The second kappa shape index (κ2) is 6.01. The fourth-order valence-electron chi connectivity index (χ4n) is 2.14. The van der Waals surface area contributed by atoms with Crippen LogP contribution in [0.5, 0.6) is 0 Å². The van der Waals surface area contributed by atoms with Gasteiger partial charge in [0, 0.05) is 26.0 Å². The minimum Gasteiger partial charge on any atom is -0.392 e. The van der Waals surface area contributed by atoms with Crippen molar-refractivity contribution < 1.29 is 13.9 Å². The lowest BCUT2D eigenvalue weighted by atomic mass is 10.0. The van der Waals surface area contributed by atoms with Crippen LogP contribution in [0.4, 0.5) is 8.78 Å². The second-order valence-corrected chi connectivity index (χ2v) is 5.56. The van der Waals surface area contributed by atoms with Gasteiger partial charge in [-0.05, 0) is 34.5 Å². The Morgan fingerprint density at radius 1 is 1.35 bits per heavy atom. The van der Waals surface area contributed by atoms with E-state index >= 15 is 0 Å². The van der Waals surface area contributed by atoms with Crippen LogP contribution in [-0.2, 0) is 19.9 Å². The molecule has 0 bridgehead atoms. The monoisotopic (exact) mass is 344 g/mol. The van der Waals surface area contributed by atoms with Gasteiger partial charge in [-0.3, -0.25) is 4.68 Å². The summed E-state index contributed by atoms with van der Waals surface area (Å²) in [6.07, 6.45) is -0.293. The number of aliphatic hydroxyl groups excluding tert-OH is 1. The summed E-state index contributed by atoms with van der Waals surface area (Å²) in [4.78, 5) is 0. The quantitative estimate of drug-likeness (QED) is 0.925. The molecule has 108 valence electrons. The topological polar surface area (TPSA) is 38.0 Å². The molecule has 0 aliphatic rings. The van der Waals surface area contributed by atoms with Gasteiger partial charge in [0.1, 0.15) is 11.6 Å². The minimum absolute atomic E-state index is 0.128. The molecule has 3 nitrogen and oxygen atoms in total. The van der Waals surface area contributed by atoms with Crippen LogP contribution in [0.2, 0.25) is 0 Å². The molecule has 1 atom stereocenters. The van der Waals surface area contributed by atoms with E-state index in [9.17, 15) is 13.9 Å². The van der Waals surface area contributed by atoms with E-state index in [2.05, 4.69) is 21.0 Å². The third-order valence-corrected chi connectivity index (χ3v) is 4.19. The van der Waals surface area contributed by atoms with Crippen molar-refractivity contribution >= 4 is 15.9 Å². The van der Waals surface area contributed by atoms with Gasteiger partial charge in [0.05, 0.1) is 22.0 Å². The maximum Gasteiger partial charge on any atom is 0.129 e. The van der Waals surface area contributed by atoms with Crippen LogP contribution in [0, 0.1) is 18.6 Å². The molecule has 0 fully saturated rings. The number of benzene rings is 1. The normalized spacial score (nSPS) is 12.7. The molecule has 0 aliphatic heterocycles. The fourth-order valence-corrected chi connectivity index (χ4v) is 2.64. The third-order valence-electron chi connectivity index (χ3n) is 3.16. The van der Waals surface area contributed by atoms with Crippen LogP contribution in [0.1, 0.15) is 17.0 Å². The summed E-state index contributed by atoms with van der Waals surface area (Å²) in [7, 11) is 1.79. The van der Waals surface area contributed by atoms with Crippen LogP contribution < -0.4 is 0 Å². The zero-order valence-corrected chi connectivity index (χ0v) is 12.8. The van der Waals surface area contributed by atoms with Crippen molar-refractivity contribution in [2.75, 3.05) is 0 Å². The SMILES string of the molecule is Cc1nn(C)c(CC(O)Cc2ccc(F)cc2F)c1Br. The molecule has 0 aliphatic carbocycles. The number of aryl methyl sites for hydroxylation is 2. The van der Waals surface area contributed by atoms with Crippen molar-refractivity contribution in [2.45, 2.75) is 25.9 Å². The molecule has 0 saturated heterocycles. The van der Waals surface area contributed by atoms with Crippen LogP contribution in [-0.4, -0.2) is 21.0 Å². The minimum atomic E-state index is -0.763. The van der Waals surface area contributed by atoms with Crippen molar-refractivity contribution in [3.8, 4) is 0 Å². The number of hydrogen-bond acceptors (Lipinski definition) is 2. The van der Waals surface area contributed by atoms with Gasteiger partial charge in [0.25, 0.3) is 0 Å². The molecule has 1 N–H and O–H groups in total. The average molecular weight is 345 g/mol. The number of nitrogens with zero attached hydrogens (tertiary/aromatic N) is 2. The van der Waals surface area contributed by atoms with E-state index in [-0.39, 0.29) is 6.42 Å². The molecule has 0 radical (unpaired) electrons. The highest BCUT2D eigenvalue weighted by atomic mass is 79.9. The van der Waals surface area contributed by atoms with Gasteiger partial charge in [-0.1, -0.05) is 6.07 Å². The molecule has 1 aromatic heterocycles. The average Bonchev–Trinajstić information content (AvgIpc) is 2.60. The van der Waals surface area contributed by atoms with E-state index in [1.54, 1.807) is 11.7 Å². The first kappa shape index (κ1) is 15.1. The van der Waals surface area contributed by atoms with Gasteiger partial charge < -0.3 is 5.11 Å². The zero-order chi connectivity index (χ0) is 14.9. The fraction of sp³-hybridized carbons (Fsp3) is 0.357. The second-order valence-electron chi connectivity index (χ2n) is 4.77. The molecular formula is C14H15BrF2N2O. The lowest BCUT2D eigenvalue weighted by molar-refractivity contribution is 0.171. The van der Waals surface area contributed by atoms with Crippen molar-refractivity contribution in [2.24, 2.45) is 7.05 Å². The summed E-state index contributed by atoms with van der Waals surface area (Å²) < 4.78 is 28.9. The van der Waals surface area contributed by atoms with E-state index in [1.165, 1.54) is 12.1 Å². The third kappa shape index (κ3) is 3.24. The summed E-state index contributed by atoms with van der Waals surface area (Å²) in [5, 5.41) is 14.3. The largest absolute Gasteiger partial charge is 0.392 e. The number of aliphatic hydroxyl groups is 1. The Bertz CT molecular complexity index is 628. The highest BCUT2D eigenvalue weighted by Gasteiger charge is 2.17. The summed E-state index contributed by atoms with van der Waals surface area (Å²) in [6.45, 7) is 1.86. The standard InChI is InChI=1S/C14H15BrF2N2O/c1-8-14(15)13(19(2)18-8)7-11(20)5-9-3-4-10(16)6-12(9)17/h3-4,6,11,20H,5,7H2,1-2H3. The molecule has 0 amide bonds. The maximum absolute atomic E-state index is 13.5. The molecule has 6 heteroatoms.